The largest absolute Gasteiger partial charge is 0.297 e. The van der Waals surface area contributed by atoms with E-state index in [-0.39, 0.29) is 14.7 Å². The highest BCUT2D eigenvalue weighted by Crippen LogP contribution is 2.22. The van der Waals surface area contributed by atoms with Crippen LogP contribution in [0.5, 0.6) is 0 Å². The molecule has 0 spiro atoms. The molecule has 0 amide bonds. The molecule has 0 bridgehead atoms. The Kier molecular flexibility index (Phi) is 8.59. The van der Waals surface area contributed by atoms with Crippen molar-refractivity contribution in [2.75, 3.05) is 5.34 Å². The van der Waals surface area contributed by atoms with E-state index in [1.807, 2.05) is 6.92 Å². The van der Waals surface area contributed by atoms with Crippen molar-refractivity contribution < 1.29 is 21.4 Å². The van der Waals surface area contributed by atoms with Gasteiger partial charge >= 0.3 is 0 Å². The molecule has 0 aliphatic rings. The minimum absolute atomic E-state index is 0.0639. The standard InChI is InChI=1S/C14H11BrF2O3S.CH2Cl2/c1-9-2-4-11(5-3-9)21(18,19)20-8-12-13(16)6-10(15)7-14(12)17;2-1-3/h2-7H,8H2,1H3;1H2. The summed E-state index contributed by atoms with van der Waals surface area (Å²) in [5, 5.41) is 0.194. The molecule has 0 fully saturated rings. The van der Waals surface area contributed by atoms with Crippen LogP contribution in [0, 0.1) is 18.6 Å². The third-order valence-electron chi connectivity index (χ3n) is 2.77. The van der Waals surface area contributed by atoms with Crippen LogP contribution >= 0.6 is 39.1 Å². The summed E-state index contributed by atoms with van der Waals surface area (Å²) in [6, 6.07) is 8.05. The van der Waals surface area contributed by atoms with Crippen molar-refractivity contribution in [3.05, 3.63) is 63.6 Å². The molecule has 0 atom stereocenters. The second kappa shape index (κ2) is 9.68. The molecule has 24 heavy (non-hydrogen) atoms. The second-order valence-corrected chi connectivity index (χ2v) is 7.82. The van der Waals surface area contributed by atoms with Crippen molar-refractivity contribution in [2.45, 2.75) is 18.4 Å². The Balaban J connectivity index is 0.000000891. The van der Waals surface area contributed by atoms with Crippen LogP contribution < -0.4 is 0 Å². The Bertz CT molecular complexity index is 761. The Labute approximate surface area is 157 Å². The average Bonchev–Trinajstić information content (AvgIpc) is 2.47. The zero-order chi connectivity index (χ0) is 18.3. The summed E-state index contributed by atoms with van der Waals surface area (Å²) >= 11 is 12.5. The van der Waals surface area contributed by atoms with Crippen LogP contribution in [0.3, 0.4) is 0 Å². The highest BCUT2D eigenvalue weighted by Gasteiger charge is 2.18. The Morgan fingerprint density at radius 1 is 1.08 bits per heavy atom. The number of hydrogen-bond acceptors (Lipinski definition) is 3. The van der Waals surface area contributed by atoms with Gasteiger partial charge in [-0.2, -0.15) is 8.42 Å². The lowest BCUT2D eigenvalue weighted by molar-refractivity contribution is 0.295. The molecule has 9 heteroatoms. The summed E-state index contributed by atoms with van der Waals surface area (Å²) < 4.78 is 56.0. The van der Waals surface area contributed by atoms with Crippen LogP contribution in [0.25, 0.3) is 0 Å². The van der Waals surface area contributed by atoms with Gasteiger partial charge in [-0.25, -0.2) is 8.78 Å². The van der Waals surface area contributed by atoms with E-state index < -0.39 is 33.9 Å². The van der Waals surface area contributed by atoms with E-state index in [1.54, 1.807) is 12.1 Å². The zero-order valence-corrected chi connectivity index (χ0v) is 16.3. The topological polar surface area (TPSA) is 43.4 Å². The first-order chi connectivity index (χ1) is 11.2. The van der Waals surface area contributed by atoms with Crippen LogP contribution in [-0.4, -0.2) is 13.8 Å². The van der Waals surface area contributed by atoms with Crippen molar-refractivity contribution in [1.29, 1.82) is 0 Å². The summed E-state index contributed by atoms with van der Waals surface area (Å²) in [6.45, 7) is 1.10. The Morgan fingerprint density at radius 3 is 2.00 bits per heavy atom. The van der Waals surface area contributed by atoms with Crippen LogP contribution in [0.2, 0.25) is 0 Å². The lowest BCUT2D eigenvalue weighted by Crippen LogP contribution is -2.08. The molecular formula is C15H13BrCl2F2O3S. The smallest absolute Gasteiger partial charge is 0.261 e. The van der Waals surface area contributed by atoms with Crippen molar-refractivity contribution in [3.63, 3.8) is 0 Å². The minimum atomic E-state index is -4.06. The van der Waals surface area contributed by atoms with Crippen LogP contribution in [0.15, 0.2) is 45.8 Å². The van der Waals surface area contributed by atoms with Gasteiger partial charge in [0.25, 0.3) is 10.1 Å². The average molecular weight is 462 g/mol. The molecule has 0 saturated heterocycles. The molecule has 0 radical (unpaired) electrons. The molecule has 132 valence electrons. The molecule has 0 aromatic heterocycles. The molecule has 0 saturated carbocycles. The van der Waals surface area contributed by atoms with Gasteiger partial charge < -0.3 is 0 Å². The number of aryl methyl sites for hydroxylation is 1. The molecule has 2 aromatic carbocycles. The van der Waals surface area contributed by atoms with Gasteiger partial charge in [0.15, 0.2) is 0 Å². The normalized spacial score (nSPS) is 10.9. The Hall–Kier alpha value is -0.730. The van der Waals surface area contributed by atoms with Crippen molar-refractivity contribution in [1.82, 2.24) is 0 Å². The zero-order valence-electron chi connectivity index (χ0n) is 12.4. The van der Waals surface area contributed by atoms with Crippen LogP contribution in [-0.2, 0) is 20.9 Å². The van der Waals surface area contributed by atoms with E-state index in [0.29, 0.717) is 0 Å². The lowest BCUT2D eigenvalue weighted by Gasteiger charge is -2.08. The fourth-order valence-corrected chi connectivity index (χ4v) is 2.90. The molecular weight excluding hydrogens is 449 g/mol. The third kappa shape index (κ3) is 6.29. The van der Waals surface area contributed by atoms with Gasteiger partial charge in [0.1, 0.15) is 11.6 Å². The van der Waals surface area contributed by atoms with Gasteiger partial charge in [-0.15, -0.1) is 23.2 Å². The molecule has 2 aromatic rings. The lowest BCUT2D eigenvalue weighted by atomic mass is 10.2. The quantitative estimate of drug-likeness (QED) is 0.454. The van der Waals surface area contributed by atoms with Crippen molar-refractivity contribution >= 4 is 49.2 Å². The Morgan fingerprint density at radius 2 is 1.54 bits per heavy atom. The monoisotopic (exact) mass is 460 g/mol. The number of alkyl halides is 2. The van der Waals surface area contributed by atoms with Gasteiger partial charge in [-0.05, 0) is 31.2 Å². The van der Waals surface area contributed by atoms with Gasteiger partial charge in [0.2, 0.25) is 0 Å². The van der Waals surface area contributed by atoms with Crippen LogP contribution in [0.1, 0.15) is 11.1 Å². The predicted octanol–water partition coefficient (Wildman–Crippen LogP) is 5.36. The van der Waals surface area contributed by atoms with E-state index in [4.69, 9.17) is 27.4 Å². The highest BCUT2D eigenvalue weighted by atomic mass is 79.9. The minimum Gasteiger partial charge on any atom is -0.261 e. The first-order valence-corrected chi connectivity index (χ1v) is 9.69. The second-order valence-electron chi connectivity index (χ2n) is 4.48. The summed E-state index contributed by atoms with van der Waals surface area (Å²) in [5.74, 6) is -1.75. The van der Waals surface area contributed by atoms with E-state index in [9.17, 15) is 17.2 Å². The number of rotatable bonds is 4. The maximum Gasteiger partial charge on any atom is 0.297 e. The molecule has 0 N–H and O–H groups in total. The van der Waals surface area contributed by atoms with Crippen molar-refractivity contribution in [3.8, 4) is 0 Å². The summed E-state index contributed by atoms with van der Waals surface area (Å²) in [7, 11) is -4.06. The van der Waals surface area contributed by atoms with E-state index in [0.717, 1.165) is 17.7 Å². The van der Waals surface area contributed by atoms with E-state index in [1.165, 1.54) is 12.1 Å². The van der Waals surface area contributed by atoms with Gasteiger partial charge in [0.05, 0.1) is 22.4 Å². The first-order valence-electron chi connectivity index (χ1n) is 6.42. The van der Waals surface area contributed by atoms with E-state index >= 15 is 0 Å². The molecule has 0 unspecified atom stereocenters. The van der Waals surface area contributed by atoms with Gasteiger partial charge in [0, 0.05) is 4.47 Å². The maximum absolute atomic E-state index is 13.6. The fourth-order valence-electron chi connectivity index (χ4n) is 1.62. The molecule has 0 heterocycles. The number of benzene rings is 2. The summed E-state index contributed by atoms with van der Waals surface area (Å²) in [5.41, 5.74) is 0.452. The molecule has 0 aliphatic carbocycles. The highest BCUT2D eigenvalue weighted by molar-refractivity contribution is 9.10. The summed E-state index contributed by atoms with van der Waals surface area (Å²) in [6.07, 6.45) is 0. The predicted molar refractivity (Wildman–Crippen MR) is 93.8 cm³/mol. The molecule has 2 rings (SSSR count). The molecule has 0 aliphatic heterocycles. The molecule has 3 nitrogen and oxygen atoms in total. The third-order valence-corrected chi connectivity index (χ3v) is 4.51. The van der Waals surface area contributed by atoms with E-state index in [2.05, 4.69) is 15.9 Å². The van der Waals surface area contributed by atoms with Gasteiger partial charge in [-0.1, -0.05) is 33.6 Å². The SMILES string of the molecule is Cc1ccc(S(=O)(=O)OCc2c(F)cc(Br)cc2F)cc1.ClCCl. The first kappa shape index (κ1) is 21.3. The van der Waals surface area contributed by atoms with Crippen molar-refractivity contribution in [2.24, 2.45) is 0 Å². The van der Waals surface area contributed by atoms with Crippen LogP contribution in [0.4, 0.5) is 8.78 Å². The summed E-state index contributed by atoms with van der Waals surface area (Å²) in [4.78, 5) is -0.0639. The van der Waals surface area contributed by atoms with Gasteiger partial charge in [-0.3, -0.25) is 4.18 Å². The number of halogens is 5. The fraction of sp³-hybridized carbons (Fsp3) is 0.200. The number of hydrogen-bond donors (Lipinski definition) is 0. The maximum atomic E-state index is 13.6.